The van der Waals surface area contributed by atoms with E-state index in [1.807, 2.05) is 0 Å². The Morgan fingerprint density at radius 3 is 1.16 bits per heavy atom. The molecule has 0 heterocycles. The van der Waals surface area contributed by atoms with E-state index < -0.39 is 91.5 Å². The number of phosphoric acid groups is 1. The smallest absolute Gasteiger partial charge is 0.378 e. The summed E-state index contributed by atoms with van der Waals surface area (Å²) in [5, 5.41) is 35.2. The molecule has 44 heavy (non-hydrogen) atoms. The topological polar surface area (TPSA) is 174 Å². The van der Waals surface area contributed by atoms with Gasteiger partial charge in [0.15, 0.2) is 0 Å². The molecule has 20 heteroatoms. The van der Waals surface area contributed by atoms with E-state index >= 15 is 0 Å². The van der Waals surface area contributed by atoms with Gasteiger partial charge < -0.3 is 13.6 Å². The Kier molecular flexibility index (Phi) is 8.87. The summed E-state index contributed by atoms with van der Waals surface area (Å²) in [6, 6.07) is 2.96. The summed E-state index contributed by atoms with van der Waals surface area (Å²) in [4.78, 5) is 31.5. The second-order valence-electron chi connectivity index (χ2n) is 9.20. The van der Waals surface area contributed by atoms with Gasteiger partial charge in [0.25, 0.3) is 0 Å². The fourth-order valence-electron chi connectivity index (χ4n) is 3.92. The first-order chi connectivity index (χ1) is 20.0. The van der Waals surface area contributed by atoms with E-state index in [1.165, 1.54) is 19.9 Å². The highest BCUT2D eigenvalue weighted by Crippen LogP contribution is 2.57. The van der Waals surface area contributed by atoms with Crippen LogP contribution in [-0.4, -0.2) is 14.8 Å². The van der Waals surface area contributed by atoms with Crippen LogP contribution in [0.3, 0.4) is 0 Å². The number of rotatable bonds is 9. The first-order valence-electron chi connectivity index (χ1n) is 11.7. The number of phosphoric ester groups is 1. The molecule has 0 unspecified atom stereocenters. The fraction of sp³-hybridized carbons (Fsp3) is 0.250. The molecule has 236 valence electrons. The van der Waals surface area contributed by atoms with Crippen LogP contribution in [0.4, 0.5) is 43.4 Å². The van der Waals surface area contributed by atoms with Crippen molar-refractivity contribution >= 4 is 24.9 Å². The van der Waals surface area contributed by atoms with Crippen LogP contribution in [0.5, 0.6) is 17.2 Å². The van der Waals surface area contributed by atoms with Gasteiger partial charge in [0, 0.05) is 18.2 Å². The van der Waals surface area contributed by atoms with Gasteiger partial charge in [-0.1, -0.05) is 6.07 Å². The molecule has 0 radical (unpaired) electrons. The number of hydrogen-bond donors (Lipinski definition) is 0. The van der Waals surface area contributed by atoms with Crippen molar-refractivity contribution in [2.75, 3.05) is 0 Å². The van der Waals surface area contributed by atoms with Crippen LogP contribution in [0.25, 0.3) is 0 Å². The van der Waals surface area contributed by atoms with Crippen molar-refractivity contribution in [3.05, 3.63) is 100 Å². The Balaban J connectivity index is 2.34. The molecule has 0 saturated heterocycles. The Morgan fingerprint density at radius 1 is 0.568 bits per heavy atom. The van der Waals surface area contributed by atoms with Crippen molar-refractivity contribution in [1.82, 2.24) is 0 Å². The lowest BCUT2D eigenvalue weighted by atomic mass is 10.1. The molecule has 0 atom stereocenters. The molecule has 0 N–H and O–H groups in total. The zero-order chi connectivity index (χ0) is 33.5. The summed E-state index contributed by atoms with van der Waals surface area (Å²) in [5.41, 5.74) is -7.94. The third-order valence-electron chi connectivity index (χ3n) is 5.76. The molecule has 0 aliphatic carbocycles. The summed E-state index contributed by atoms with van der Waals surface area (Å²) in [5.74, 6) is -3.17. The summed E-state index contributed by atoms with van der Waals surface area (Å²) in [7, 11) is -5.77. The van der Waals surface area contributed by atoms with E-state index in [1.54, 1.807) is 0 Å². The van der Waals surface area contributed by atoms with Crippen LogP contribution >= 0.6 is 7.82 Å². The minimum Gasteiger partial charge on any atom is -0.378 e. The van der Waals surface area contributed by atoms with Gasteiger partial charge in [0.05, 0.1) is 25.9 Å². The molecule has 13 nitrogen and oxygen atoms in total. The number of halogens is 6. The van der Waals surface area contributed by atoms with Crippen molar-refractivity contribution in [3.63, 3.8) is 0 Å². The summed E-state index contributed by atoms with van der Waals surface area (Å²) in [6.45, 7) is 4.39. The Bertz CT molecular complexity index is 1660. The Hall–Kier alpha value is -4.93. The maximum Gasteiger partial charge on any atom is 0.647 e. The maximum absolute atomic E-state index is 14.2. The minimum atomic E-state index is -5.77. The van der Waals surface area contributed by atoms with Gasteiger partial charge in [0.2, 0.25) is 17.2 Å². The minimum absolute atomic E-state index is 0.0120. The summed E-state index contributed by atoms with van der Waals surface area (Å²) >= 11 is 0. The number of alkyl halides is 6. The SMILES string of the molecule is Cc1cc(C)c(OP(=O)(Oc2c(C)cc(C(F)(F)F)cc2[N+](=O)[O-])Oc2c(C)cc(C(F)(F)F)cc2[N+](=O)[O-])c([N+](=O)[O-])c1. The molecular formula is C24H18F6N3O10P. The van der Waals surface area contributed by atoms with Gasteiger partial charge in [-0.05, 0) is 62.1 Å². The lowest BCUT2D eigenvalue weighted by molar-refractivity contribution is -0.386. The van der Waals surface area contributed by atoms with Crippen molar-refractivity contribution in [1.29, 1.82) is 0 Å². The molecule has 0 aliphatic rings. The van der Waals surface area contributed by atoms with Crippen LogP contribution in [0, 0.1) is 58.0 Å². The molecule has 3 rings (SSSR count). The van der Waals surface area contributed by atoms with Gasteiger partial charge in [-0.15, -0.1) is 0 Å². The standard InChI is InChI=1S/C24H18F6N3O10P/c1-11-5-12(2)20(17(6-11)31(34)35)41-44(40,42-21-13(3)7-15(23(25,26)27)9-18(21)32(36)37)43-22-14(4)8-16(24(28,29)30)10-19(22)33(38)39/h5-10H,1-4H3. The normalized spacial score (nSPS) is 12.0. The average molecular weight is 653 g/mol. The lowest BCUT2D eigenvalue weighted by Gasteiger charge is -2.22. The number of aryl methyl sites for hydroxylation is 4. The first kappa shape index (κ1) is 33.6. The number of nitro groups is 3. The van der Waals surface area contributed by atoms with E-state index in [0.717, 1.165) is 19.9 Å². The van der Waals surface area contributed by atoms with Gasteiger partial charge in [-0.25, -0.2) is 0 Å². The van der Waals surface area contributed by atoms with Crippen LogP contribution in [0.2, 0.25) is 0 Å². The molecular weight excluding hydrogens is 635 g/mol. The molecule has 0 aliphatic heterocycles. The average Bonchev–Trinajstić information content (AvgIpc) is 2.86. The zero-order valence-electron chi connectivity index (χ0n) is 22.6. The predicted octanol–water partition coefficient (Wildman–Crippen LogP) is 8.33. The first-order valence-corrected chi connectivity index (χ1v) is 13.2. The van der Waals surface area contributed by atoms with Crippen molar-refractivity contribution in [2.45, 2.75) is 40.0 Å². The highest BCUT2D eigenvalue weighted by molar-refractivity contribution is 7.49. The third-order valence-corrected chi connectivity index (χ3v) is 6.98. The van der Waals surface area contributed by atoms with Crippen LogP contribution < -0.4 is 13.6 Å². The van der Waals surface area contributed by atoms with Crippen molar-refractivity contribution in [3.8, 4) is 17.2 Å². The monoisotopic (exact) mass is 653 g/mol. The van der Waals surface area contributed by atoms with Crippen LogP contribution in [-0.2, 0) is 16.9 Å². The van der Waals surface area contributed by atoms with Crippen LogP contribution in [0.1, 0.15) is 33.4 Å². The van der Waals surface area contributed by atoms with Crippen LogP contribution in [0.15, 0.2) is 36.4 Å². The largest absolute Gasteiger partial charge is 0.647 e. The van der Waals surface area contributed by atoms with E-state index in [9.17, 15) is 61.3 Å². The molecule has 3 aromatic rings. The van der Waals surface area contributed by atoms with Crippen molar-refractivity contribution in [2.24, 2.45) is 0 Å². The molecule has 0 aromatic heterocycles. The molecule has 0 spiro atoms. The van der Waals surface area contributed by atoms with E-state index in [-0.39, 0.29) is 17.7 Å². The second-order valence-corrected chi connectivity index (χ2v) is 10.6. The Morgan fingerprint density at radius 2 is 0.864 bits per heavy atom. The number of benzene rings is 3. The third kappa shape index (κ3) is 7.16. The lowest BCUT2D eigenvalue weighted by Crippen LogP contribution is -2.14. The summed E-state index contributed by atoms with van der Waals surface area (Å²) < 4.78 is 110. The molecule has 0 saturated carbocycles. The highest BCUT2D eigenvalue weighted by atomic mass is 31.2. The molecule has 3 aromatic carbocycles. The van der Waals surface area contributed by atoms with E-state index in [4.69, 9.17) is 13.6 Å². The number of nitrogens with zero attached hydrogens (tertiary/aromatic N) is 3. The maximum atomic E-state index is 14.2. The van der Waals surface area contributed by atoms with Gasteiger partial charge >= 0.3 is 37.2 Å². The molecule has 0 amide bonds. The zero-order valence-corrected chi connectivity index (χ0v) is 23.5. The number of nitro benzene ring substituents is 3. The predicted molar refractivity (Wildman–Crippen MR) is 138 cm³/mol. The van der Waals surface area contributed by atoms with Crippen molar-refractivity contribution < 1.29 is 59.2 Å². The second kappa shape index (κ2) is 11.6. The van der Waals surface area contributed by atoms with E-state index in [0.29, 0.717) is 17.7 Å². The van der Waals surface area contributed by atoms with E-state index in [2.05, 4.69) is 0 Å². The Labute approximate surface area is 242 Å². The quantitative estimate of drug-likeness (QED) is 0.0945. The molecule has 0 fully saturated rings. The molecule has 0 bridgehead atoms. The number of hydrogen-bond acceptors (Lipinski definition) is 10. The summed E-state index contributed by atoms with van der Waals surface area (Å²) in [6.07, 6.45) is -10.2. The highest BCUT2D eigenvalue weighted by Gasteiger charge is 2.44. The fourth-order valence-corrected chi connectivity index (χ4v) is 5.42. The van der Waals surface area contributed by atoms with Gasteiger partial charge in [0.1, 0.15) is 0 Å². The van der Waals surface area contributed by atoms with Gasteiger partial charge in [-0.2, -0.15) is 30.9 Å². The van der Waals surface area contributed by atoms with Gasteiger partial charge in [-0.3, -0.25) is 30.3 Å².